The molecular weight excluding hydrogens is 388 g/mol. The zero-order valence-corrected chi connectivity index (χ0v) is 18.2. The van der Waals surface area contributed by atoms with Crippen molar-refractivity contribution >= 4 is 16.6 Å². The highest BCUT2D eigenvalue weighted by atomic mass is 16.3. The minimum atomic E-state index is -0.496. The molecule has 1 saturated carbocycles. The molecule has 2 aromatic carbocycles. The van der Waals surface area contributed by atoms with Gasteiger partial charge in [-0.1, -0.05) is 30.3 Å². The van der Waals surface area contributed by atoms with Gasteiger partial charge in [0.05, 0.1) is 5.60 Å². The number of benzene rings is 2. The van der Waals surface area contributed by atoms with Crippen molar-refractivity contribution in [2.75, 3.05) is 18.4 Å². The third-order valence-corrected chi connectivity index (χ3v) is 6.76. The largest absolute Gasteiger partial charge is 0.507 e. The molecule has 1 aromatic heterocycles. The van der Waals surface area contributed by atoms with Crippen LogP contribution in [0, 0.1) is 6.92 Å². The number of hydrogen-bond acceptors (Lipinski definition) is 6. The van der Waals surface area contributed by atoms with Crippen molar-refractivity contribution in [3.05, 3.63) is 48.0 Å². The smallest absolute Gasteiger partial charge is 0.156 e. The molecule has 1 unspecified atom stereocenters. The summed E-state index contributed by atoms with van der Waals surface area (Å²) in [4.78, 5) is 2.51. The number of fused-ring (bicyclic) bond motifs is 1. The van der Waals surface area contributed by atoms with Gasteiger partial charge in [0.25, 0.3) is 0 Å². The molecule has 162 valence electrons. The maximum absolute atomic E-state index is 10.5. The van der Waals surface area contributed by atoms with Crippen molar-refractivity contribution in [2.45, 2.75) is 57.2 Å². The number of aliphatic hydroxyl groups is 1. The van der Waals surface area contributed by atoms with Crippen LogP contribution in [0.25, 0.3) is 22.0 Å². The molecule has 1 saturated heterocycles. The molecule has 0 bridgehead atoms. The predicted molar refractivity (Wildman–Crippen MR) is 123 cm³/mol. The molecule has 3 N–H and O–H groups in total. The van der Waals surface area contributed by atoms with Gasteiger partial charge in [0.15, 0.2) is 5.82 Å². The normalized spacial score (nSPS) is 26.5. The lowest BCUT2D eigenvalue weighted by Gasteiger charge is -2.49. The summed E-state index contributed by atoms with van der Waals surface area (Å²) in [7, 11) is 0. The number of phenols is 1. The van der Waals surface area contributed by atoms with Gasteiger partial charge in [-0.2, -0.15) is 0 Å². The molecule has 1 aliphatic heterocycles. The molecule has 2 aliphatic rings. The van der Waals surface area contributed by atoms with Crippen molar-refractivity contribution in [2.24, 2.45) is 0 Å². The van der Waals surface area contributed by atoms with E-state index in [2.05, 4.69) is 26.5 Å². The van der Waals surface area contributed by atoms with Gasteiger partial charge in [-0.15, -0.1) is 10.2 Å². The number of nitrogens with zero attached hydrogens (tertiary/aromatic N) is 3. The quantitative estimate of drug-likeness (QED) is 0.592. The van der Waals surface area contributed by atoms with Gasteiger partial charge >= 0.3 is 0 Å². The van der Waals surface area contributed by atoms with Crippen LogP contribution in [0.4, 0.5) is 5.82 Å². The van der Waals surface area contributed by atoms with Crippen LogP contribution in [0.3, 0.4) is 0 Å². The van der Waals surface area contributed by atoms with Gasteiger partial charge in [0.2, 0.25) is 0 Å². The number of nitrogens with one attached hydrogen (secondary N) is 1. The van der Waals surface area contributed by atoms with Crippen LogP contribution in [-0.4, -0.2) is 56.1 Å². The second-order valence-corrected chi connectivity index (χ2v) is 9.50. The number of aryl methyl sites for hydroxylation is 1. The lowest BCUT2D eigenvalue weighted by Crippen LogP contribution is -2.57. The molecule has 2 heterocycles. The van der Waals surface area contributed by atoms with E-state index in [1.165, 1.54) is 0 Å². The fourth-order valence-electron chi connectivity index (χ4n) is 5.11. The Morgan fingerprint density at radius 1 is 1.10 bits per heavy atom. The summed E-state index contributed by atoms with van der Waals surface area (Å²) in [5.74, 6) is 1.01. The number of anilines is 1. The number of likely N-dealkylation sites (tertiary alicyclic amines) is 1. The fraction of sp³-hybridized carbons (Fsp3) is 0.440. The van der Waals surface area contributed by atoms with Crippen molar-refractivity contribution < 1.29 is 10.2 Å². The van der Waals surface area contributed by atoms with Crippen molar-refractivity contribution in [3.63, 3.8) is 0 Å². The zero-order valence-electron chi connectivity index (χ0n) is 18.2. The predicted octanol–water partition coefficient (Wildman–Crippen LogP) is 4.10. The van der Waals surface area contributed by atoms with E-state index in [1.807, 2.05) is 44.2 Å². The second-order valence-electron chi connectivity index (χ2n) is 9.50. The van der Waals surface area contributed by atoms with E-state index in [9.17, 15) is 10.2 Å². The first-order valence-electron chi connectivity index (χ1n) is 11.2. The van der Waals surface area contributed by atoms with E-state index < -0.39 is 5.60 Å². The Hall–Kier alpha value is -2.70. The van der Waals surface area contributed by atoms with E-state index in [0.29, 0.717) is 23.3 Å². The second kappa shape index (κ2) is 7.77. The number of aromatic hydroxyl groups is 1. The lowest BCUT2D eigenvalue weighted by atomic mass is 9.76. The number of aromatic nitrogens is 2. The number of hydrogen-bond donors (Lipinski definition) is 3. The lowest BCUT2D eigenvalue weighted by molar-refractivity contribution is -0.0823. The van der Waals surface area contributed by atoms with Gasteiger partial charge in [-0.25, -0.2) is 0 Å². The van der Waals surface area contributed by atoms with Crippen LogP contribution < -0.4 is 5.32 Å². The molecule has 2 fully saturated rings. The van der Waals surface area contributed by atoms with Gasteiger partial charge in [0.1, 0.15) is 11.4 Å². The van der Waals surface area contributed by atoms with Crippen LogP contribution in [0.5, 0.6) is 5.75 Å². The first-order valence-corrected chi connectivity index (χ1v) is 11.2. The molecular formula is C25H30N4O2. The van der Waals surface area contributed by atoms with Gasteiger partial charge in [-0.3, -0.25) is 4.90 Å². The third kappa shape index (κ3) is 3.98. The van der Waals surface area contributed by atoms with E-state index in [-0.39, 0.29) is 5.75 Å². The van der Waals surface area contributed by atoms with Crippen LogP contribution in [0.15, 0.2) is 42.5 Å². The minimum Gasteiger partial charge on any atom is -0.507 e. The Morgan fingerprint density at radius 2 is 1.87 bits per heavy atom. The molecule has 1 atom stereocenters. The molecule has 6 nitrogen and oxygen atoms in total. The van der Waals surface area contributed by atoms with Gasteiger partial charge in [-0.05, 0) is 63.8 Å². The zero-order chi connectivity index (χ0) is 21.6. The number of phenolic OH excluding ortho intramolecular Hbond substituents is 1. The molecule has 6 heteroatoms. The fourth-order valence-corrected chi connectivity index (χ4v) is 5.11. The van der Waals surface area contributed by atoms with E-state index in [0.717, 1.165) is 60.9 Å². The first-order chi connectivity index (χ1) is 14.9. The third-order valence-electron chi connectivity index (χ3n) is 6.76. The van der Waals surface area contributed by atoms with Crippen LogP contribution in [0.1, 0.15) is 38.2 Å². The van der Waals surface area contributed by atoms with Gasteiger partial charge < -0.3 is 15.5 Å². The van der Waals surface area contributed by atoms with Gasteiger partial charge in [0, 0.05) is 35.0 Å². The summed E-state index contributed by atoms with van der Waals surface area (Å²) in [5.41, 5.74) is 1.90. The SMILES string of the molecule is Cc1ccc(-c2nnc(NC3CCCN(C4CC(C)(O)C4)C3)c3ccccc23)c(O)c1. The number of rotatable bonds is 4. The Morgan fingerprint density at radius 3 is 2.61 bits per heavy atom. The summed E-state index contributed by atoms with van der Waals surface area (Å²) >= 11 is 0. The van der Waals surface area contributed by atoms with Crippen molar-refractivity contribution in [1.82, 2.24) is 15.1 Å². The first kappa shape index (κ1) is 20.2. The Balaban J connectivity index is 1.41. The highest BCUT2D eigenvalue weighted by Gasteiger charge is 2.42. The Labute approximate surface area is 182 Å². The summed E-state index contributed by atoms with van der Waals surface area (Å²) < 4.78 is 0. The molecule has 5 rings (SSSR count). The van der Waals surface area contributed by atoms with E-state index >= 15 is 0 Å². The molecule has 0 radical (unpaired) electrons. The summed E-state index contributed by atoms with van der Waals surface area (Å²) in [6, 6.07) is 14.5. The highest BCUT2D eigenvalue weighted by molar-refractivity contribution is 6.00. The standard InChI is InChI=1S/C25H30N4O2/c1-16-9-10-21(22(30)12-16)23-19-7-3-4-8-20(19)24(28-27-23)26-17-6-5-11-29(15-17)18-13-25(2,31)14-18/h3-4,7-10,12,17-18,30-31H,5-6,11,13-15H2,1-2H3,(H,26,28). The molecule has 31 heavy (non-hydrogen) atoms. The van der Waals surface area contributed by atoms with E-state index in [1.54, 1.807) is 6.07 Å². The van der Waals surface area contributed by atoms with Crippen molar-refractivity contribution in [3.8, 4) is 17.0 Å². The Bertz CT molecular complexity index is 1110. The average molecular weight is 419 g/mol. The van der Waals surface area contributed by atoms with E-state index in [4.69, 9.17) is 0 Å². The van der Waals surface area contributed by atoms with Crippen LogP contribution in [0.2, 0.25) is 0 Å². The molecule has 3 aromatic rings. The van der Waals surface area contributed by atoms with Crippen LogP contribution in [-0.2, 0) is 0 Å². The Kier molecular flexibility index (Phi) is 5.07. The average Bonchev–Trinajstić information content (AvgIpc) is 2.73. The maximum Gasteiger partial charge on any atom is 0.156 e. The molecule has 0 amide bonds. The maximum atomic E-state index is 10.5. The summed E-state index contributed by atoms with van der Waals surface area (Å²) in [5, 5.41) is 35.3. The molecule has 1 aliphatic carbocycles. The topological polar surface area (TPSA) is 81.5 Å². The monoisotopic (exact) mass is 418 g/mol. The molecule has 0 spiro atoms. The highest BCUT2D eigenvalue weighted by Crippen LogP contribution is 2.38. The minimum absolute atomic E-state index is 0.222. The summed E-state index contributed by atoms with van der Waals surface area (Å²) in [6.07, 6.45) is 3.95. The van der Waals surface area contributed by atoms with Crippen LogP contribution >= 0.6 is 0 Å². The number of piperidine rings is 1. The summed E-state index contributed by atoms with van der Waals surface area (Å²) in [6.45, 7) is 5.94. The van der Waals surface area contributed by atoms with Crippen molar-refractivity contribution in [1.29, 1.82) is 0 Å².